The summed E-state index contributed by atoms with van der Waals surface area (Å²) in [6.45, 7) is 4.11. The highest BCUT2D eigenvalue weighted by Crippen LogP contribution is 2.46. The smallest absolute Gasteiger partial charge is 0.179 e. The maximum Gasteiger partial charge on any atom is 0.179 e. The van der Waals surface area contributed by atoms with Crippen molar-refractivity contribution in [3.05, 3.63) is 59.7 Å². The largest absolute Gasteiger partial charge is 0.508 e. The molecule has 1 aliphatic rings. The monoisotopic (exact) mass is 402 g/mol. The minimum Gasteiger partial charge on any atom is -0.508 e. The predicted molar refractivity (Wildman–Crippen MR) is 111 cm³/mol. The minimum absolute atomic E-state index is 0.00548. The van der Waals surface area contributed by atoms with Crippen LogP contribution in [0.5, 0.6) is 5.75 Å². The Morgan fingerprint density at radius 1 is 1.11 bits per heavy atom. The number of unbranched alkanes of at least 4 members (excludes halogenated alkanes) is 1. The highest BCUT2D eigenvalue weighted by molar-refractivity contribution is 7.91. The van der Waals surface area contributed by atoms with Crippen LogP contribution in [0.1, 0.15) is 63.0 Å². The predicted octanol–water partition coefficient (Wildman–Crippen LogP) is 4.65. The first kappa shape index (κ1) is 20.9. The van der Waals surface area contributed by atoms with Crippen molar-refractivity contribution >= 4 is 9.84 Å². The van der Waals surface area contributed by atoms with Crippen molar-refractivity contribution < 1.29 is 18.6 Å². The second-order valence-corrected chi connectivity index (χ2v) is 10.1. The number of phenols is 1. The van der Waals surface area contributed by atoms with E-state index >= 15 is 0 Å². The van der Waals surface area contributed by atoms with E-state index in [2.05, 4.69) is 6.92 Å². The summed E-state index contributed by atoms with van der Waals surface area (Å²) >= 11 is 0. The molecule has 2 aromatic carbocycles. The second-order valence-electron chi connectivity index (χ2n) is 8.10. The lowest BCUT2D eigenvalue weighted by Crippen LogP contribution is -2.39. The van der Waals surface area contributed by atoms with Crippen LogP contribution in [0.25, 0.3) is 0 Å². The molecular weight excluding hydrogens is 372 g/mol. The summed E-state index contributed by atoms with van der Waals surface area (Å²) < 4.78 is 26.9. The number of fused-ring (bicyclic) bond motifs is 1. The van der Waals surface area contributed by atoms with Gasteiger partial charge in [-0.25, -0.2) is 8.42 Å². The maximum atomic E-state index is 13.4. The zero-order valence-electron chi connectivity index (χ0n) is 16.6. The number of rotatable bonds is 5. The highest BCUT2D eigenvalue weighted by atomic mass is 32.2. The molecule has 3 atom stereocenters. The van der Waals surface area contributed by atoms with E-state index in [1.165, 1.54) is 12.1 Å². The molecule has 1 aliphatic heterocycles. The van der Waals surface area contributed by atoms with Crippen LogP contribution in [0.2, 0.25) is 0 Å². The lowest BCUT2D eigenvalue weighted by atomic mass is 9.73. The molecule has 0 bridgehead atoms. The number of phenolic OH excluding ortho intramolecular Hbond substituents is 1. The van der Waals surface area contributed by atoms with E-state index in [1.54, 1.807) is 6.07 Å². The summed E-state index contributed by atoms with van der Waals surface area (Å²) in [7, 11) is -3.61. The van der Waals surface area contributed by atoms with Gasteiger partial charge in [-0.15, -0.1) is 0 Å². The number of hydrogen-bond donors (Lipinski definition) is 2. The number of hydrogen-bond acceptors (Lipinski definition) is 4. The van der Waals surface area contributed by atoms with Gasteiger partial charge in [0, 0.05) is 5.92 Å². The summed E-state index contributed by atoms with van der Waals surface area (Å²) in [6.07, 6.45) is 3.13. The summed E-state index contributed by atoms with van der Waals surface area (Å²) in [5.74, 6) is -0.509. The van der Waals surface area contributed by atoms with Gasteiger partial charge in [0.1, 0.15) is 5.75 Å². The fourth-order valence-electron chi connectivity index (χ4n) is 4.57. The summed E-state index contributed by atoms with van der Waals surface area (Å²) in [4.78, 5) is 0.148. The Morgan fingerprint density at radius 2 is 1.82 bits per heavy atom. The van der Waals surface area contributed by atoms with Crippen LogP contribution >= 0.6 is 0 Å². The van der Waals surface area contributed by atoms with Crippen molar-refractivity contribution in [1.29, 1.82) is 0 Å². The Kier molecular flexibility index (Phi) is 6.15. The average Bonchev–Trinajstić information content (AvgIpc) is 2.67. The lowest BCUT2D eigenvalue weighted by Gasteiger charge is -2.40. The molecule has 0 amide bonds. The van der Waals surface area contributed by atoms with Crippen LogP contribution in [-0.2, 0) is 9.84 Å². The molecule has 28 heavy (non-hydrogen) atoms. The number of sulfone groups is 1. The van der Waals surface area contributed by atoms with Crippen molar-refractivity contribution in [3.63, 3.8) is 0 Å². The molecule has 0 aliphatic carbocycles. The fraction of sp³-hybridized carbons (Fsp3) is 0.478. The SMILES string of the molecule is CCCC[C@@]1(CC)C[C@H](O)[C@H](c2ccccc2)c2ccc(O)cc2S(=O)(=O)C1. The van der Waals surface area contributed by atoms with E-state index in [0.717, 1.165) is 24.8 Å². The highest BCUT2D eigenvalue weighted by Gasteiger charge is 2.42. The van der Waals surface area contributed by atoms with Gasteiger partial charge in [0.25, 0.3) is 0 Å². The molecule has 0 unspecified atom stereocenters. The Hall–Kier alpha value is -1.85. The van der Waals surface area contributed by atoms with Crippen molar-refractivity contribution in [1.82, 2.24) is 0 Å². The minimum atomic E-state index is -3.61. The first-order chi connectivity index (χ1) is 13.3. The van der Waals surface area contributed by atoms with Crippen LogP contribution in [-0.4, -0.2) is 30.5 Å². The van der Waals surface area contributed by atoms with Crippen LogP contribution in [0.3, 0.4) is 0 Å². The molecule has 0 radical (unpaired) electrons. The van der Waals surface area contributed by atoms with E-state index < -0.39 is 27.3 Å². The molecule has 2 aromatic rings. The van der Waals surface area contributed by atoms with Crippen LogP contribution in [0, 0.1) is 5.41 Å². The molecule has 4 nitrogen and oxygen atoms in total. The van der Waals surface area contributed by atoms with Gasteiger partial charge in [-0.2, -0.15) is 0 Å². The molecule has 3 rings (SSSR count). The second kappa shape index (κ2) is 8.26. The third-order valence-corrected chi connectivity index (χ3v) is 8.18. The number of aliphatic hydroxyl groups is 1. The normalized spacial score (nSPS) is 26.8. The quantitative estimate of drug-likeness (QED) is 0.763. The van der Waals surface area contributed by atoms with Gasteiger partial charge in [0.15, 0.2) is 9.84 Å². The number of aliphatic hydroxyl groups excluding tert-OH is 1. The van der Waals surface area contributed by atoms with Gasteiger partial charge >= 0.3 is 0 Å². The standard InChI is InChI=1S/C23H30O4S/c1-3-5-13-23(4-2)15-20(25)22(17-9-7-6-8-10-17)19-12-11-18(24)14-21(19)28(26,27)16-23/h6-12,14,20,22,24-25H,3-5,13,15-16H2,1-2H3/t20-,22+,23-/m0/s1. The van der Waals surface area contributed by atoms with Gasteiger partial charge in [0.2, 0.25) is 0 Å². The van der Waals surface area contributed by atoms with Crippen LogP contribution in [0.15, 0.2) is 53.4 Å². The summed E-state index contributed by atoms with van der Waals surface area (Å²) in [6, 6.07) is 14.1. The fourth-order valence-corrected chi connectivity index (χ4v) is 6.85. The molecule has 2 N–H and O–H groups in total. The molecule has 5 heteroatoms. The first-order valence-electron chi connectivity index (χ1n) is 10.1. The van der Waals surface area contributed by atoms with Crippen molar-refractivity contribution in [2.75, 3.05) is 5.75 Å². The summed E-state index contributed by atoms with van der Waals surface area (Å²) in [5, 5.41) is 21.3. The molecule has 1 heterocycles. The van der Waals surface area contributed by atoms with Gasteiger partial charge in [0.05, 0.1) is 16.8 Å². The molecule has 0 aromatic heterocycles. The molecular formula is C23H30O4S. The van der Waals surface area contributed by atoms with E-state index in [-0.39, 0.29) is 16.4 Å². The Labute approximate surface area is 168 Å². The third kappa shape index (κ3) is 4.11. The van der Waals surface area contributed by atoms with Crippen LogP contribution in [0.4, 0.5) is 0 Å². The molecule has 0 saturated heterocycles. The van der Waals surface area contributed by atoms with E-state index in [4.69, 9.17) is 0 Å². The summed E-state index contributed by atoms with van der Waals surface area (Å²) in [5.41, 5.74) is 0.987. The van der Waals surface area contributed by atoms with Gasteiger partial charge in [-0.05, 0) is 47.9 Å². The molecule has 0 spiro atoms. The van der Waals surface area contributed by atoms with E-state index in [1.807, 2.05) is 37.3 Å². The third-order valence-electron chi connectivity index (χ3n) is 6.16. The lowest BCUT2D eigenvalue weighted by molar-refractivity contribution is 0.0828. The topological polar surface area (TPSA) is 74.6 Å². The van der Waals surface area contributed by atoms with Gasteiger partial charge < -0.3 is 10.2 Å². The number of benzene rings is 2. The number of aromatic hydroxyl groups is 1. The van der Waals surface area contributed by atoms with Crippen molar-refractivity contribution in [2.45, 2.75) is 62.9 Å². The average molecular weight is 403 g/mol. The zero-order chi connectivity index (χ0) is 20.4. The zero-order valence-corrected chi connectivity index (χ0v) is 17.5. The molecule has 152 valence electrons. The van der Waals surface area contributed by atoms with Crippen molar-refractivity contribution in [2.24, 2.45) is 5.41 Å². The van der Waals surface area contributed by atoms with Gasteiger partial charge in [-0.3, -0.25) is 0 Å². The van der Waals surface area contributed by atoms with E-state index in [0.29, 0.717) is 18.4 Å². The van der Waals surface area contributed by atoms with Gasteiger partial charge in [-0.1, -0.05) is 63.1 Å². The van der Waals surface area contributed by atoms with E-state index in [9.17, 15) is 18.6 Å². The Bertz CT molecular complexity index is 907. The Morgan fingerprint density at radius 3 is 2.46 bits per heavy atom. The molecule has 0 saturated carbocycles. The Balaban J connectivity index is 2.22. The maximum absolute atomic E-state index is 13.4. The van der Waals surface area contributed by atoms with Crippen LogP contribution < -0.4 is 0 Å². The first-order valence-corrected chi connectivity index (χ1v) is 11.8. The van der Waals surface area contributed by atoms with Crippen molar-refractivity contribution in [3.8, 4) is 5.75 Å². The molecule has 0 fully saturated rings.